The molecule has 74 valence electrons. The molecule has 0 N–H and O–H groups in total. The van der Waals surface area contributed by atoms with Gasteiger partial charge in [-0.15, -0.1) is 0 Å². The molecule has 0 saturated heterocycles. The minimum Gasteiger partial charge on any atom is -0.480 e. The van der Waals surface area contributed by atoms with E-state index in [4.69, 9.17) is 4.74 Å². The fraction of sp³-hybridized carbons (Fsp3) is 0.364. The quantitative estimate of drug-likeness (QED) is 0.640. The van der Waals surface area contributed by atoms with Crippen LogP contribution in [-0.2, 0) is 11.2 Å². The average molecular weight is 194 g/mol. The molecule has 0 aliphatic carbocycles. The largest absolute Gasteiger partial charge is 0.480 e. The predicted molar refractivity (Wildman–Crippen MR) is 49.8 cm³/mol. The van der Waals surface area contributed by atoms with E-state index < -0.39 is 5.60 Å². The van der Waals surface area contributed by atoms with Gasteiger partial charge in [-0.2, -0.15) is 0 Å². The van der Waals surface area contributed by atoms with Crippen molar-refractivity contribution in [3.05, 3.63) is 29.6 Å². The van der Waals surface area contributed by atoms with Crippen molar-refractivity contribution in [1.29, 1.82) is 0 Å². The lowest BCUT2D eigenvalue weighted by Crippen LogP contribution is -2.37. The van der Waals surface area contributed by atoms with Gasteiger partial charge in [0.05, 0.1) is 0 Å². The Morgan fingerprint density at radius 1 is 1.57 bits per heavy atom. The van der Waals surface area contributed by atoms with Crippen LogP contribution in [0.4, 0.5) is 4.39 Å². The van der Waals surface area contributed by atoms with E-state index in [1.54, 1.807) is 13.0 Å². The SMILES string of the molecule is C[C@]1(C=O)CCc2cc(F)ccc2O1. The summed E-state index contributed by atoms with van der Waals surface area (Å²) in [6.45, 7) is 1.74. The third-order valence-electron chi connectivity index (χ3n) is 2.51. The smallest absolute Gasteiger partial charge is 0.163 e. The van der Waals surface area contributed by atoms with Crippen molar-refractivity contribution >= 4 is 6.29 Å². The highest BCUT2D eigenvalue weighted by Crippen LogP contribution is 2.32. The molecule has 14 heavy (non-hydrogen) atoms. The summed E-state index contributed by atoms with van der Waals surface area (Å²) < 4.78 is 18.3. The lowest BCUT2D eigenvalue weighted by molar-refractivity contribution is -0.121. The van der Waals surface area contributed by atoms with Crippen molar-refractivity contribution in [2.75, 3.05) is 0 Å². The van der Waals surface area contributed by atoms with Crippen LogP contribution in [0.2, 0.25) is 0 Å². The van der Waals surface area contributed by atoms with Gasteiger partial charge in [-0.05, 0) is 43.5 Å². The topological polar surface area (TPSA) is 26.3 Å². The molecule has 0 aromatic heterocycles. The van der Waals surface area contributed by atoms with Crippen molar-refractivity contribution in [2.24, 2.45) is 0 Å². The molecule has 2 nitrogen and oxygen atoms in total. The predicted octanol–water partition coefficient (Wildman–Crippen LogP) is 2.11. The third-order valence-corrected chi connectivity index (χ3v) is 2.51. The van der Waals surface area contributed by atoms with Crippen LogP contribution in [0, 0.1) is 5.82 Å². The Hall–Kier alpha value is -1.38. The van der Waals surface area contributed by atoms with Gasteiger partial charge in [-0.25, -0.2) is 4.39 Å². The van der Waals surface area contributed by atoms with Gasteiger partial charge >= 0.3 is 0 Å². The Balaban J connectivity index is 2.36. The number of aldehydes is 1. The maximum Gasteiger partial charge on any atom is 0.163 e. The highest BCUT2D eigenvalue weighted by molar-refractivity contribution is 5.63. The molecule has 1 heterocycles. The van der Waals surface area contributed by atoms with Gasteiger partial charge in [0.1, 0.15) is 11.6 Å². The minimum atomic E-state index is -0.745. The molecule has 2 rings (SSSR count). The standard InChI is InChI=1S/C11H11FO2/c1-11(7-13)5-4-8-6-9(12)2-3-10(8)14-11/h2-3,6-7H,4-5H2,1H3/t11-/m1/s1. The normalized spacial score (nSPS) is 25.0. The van der Waals surface area contributed by atoms with E-state index in [0.717, 1.165) is 11.8 Å². The van der Waals surface area contributed by atoms with Crippen LogP contribution >= 0.6 is 0 Å². The first-order valence-electron chi connectivity index (χ1n) is 4.57. The number of hydrogen-bond acceptors (Lipinski definition) is 2. The first kappa shape index (κ1) is 9.19. The van der Waals surface area contributed by atoms with E-state index >= 15 is 0 Å². The highest BCUT2D eigenvalue weighted by Gasteiger charge is 2.30. The number of carbonyl (C=O) groups is 1. The highest BCUT2D eigenvalue weighted by atomic mass is 19.1. The number of carbonyl (C=O) groups excluding carboxylic acids is 1. The summed E-state index contributed by atoms with van der Waals surface area (Å²) >= 11 is 0. The van der Waals surface area contributed by atoms with Gasteiger partial charge in [0.25, 0.3) is 0 Å². The van der Waals surface area contributed by atoms with Crippen LogP contribution < -0.4 is 4.74 Å². The zero-order valence-electron chi connectivity index (χ0n) is 7.92. The Kier molecular flexibility index (Phi) is 2.02. The number of fused-ring (bicyclic) bond motifs is 1. The van der Waals surface area contributed by atoms with E-state index in [9.17, 15) is 9.18 Å². The fourth-order valence-electron chi connectivity index (χ4n) is 1.61. The van der Waals surface area contributed by atoms with Gasteiger partial charge in [0.15, 0.2) is 11.9 Å². The van der Waals surface area contributed by atoms with Gasteiger partial charge < -0.3 is 4.74 Å². The maximum atomic E-state index is 12.8. The summed E-state index contributed by atoms with van der Waals surface area (Å²) in [5.41, 5.74) is 0.0921. The lowest BCUT2D eigenvalue weighted by Gasteiger charge is -2.30. The van der Waals surface area contributed by atoms with Gasteiger partial charge in [-0.3, -0.25) is 4.79 Å². The summed E-state index contributed by atoms with van der Waals surface area (Å²) in [5.74, 6) is 0.356. The molecule has 0 unspecified atom stereocenters. The molecule has 0 amide bonds. The number of ether oxygens (including phenoxy) is 1. The monoisotopic (exact) mass is 194 g/mol. The van der Waals surface area contributed by atoms with E-state index in [2.05, 4.69) is 0 Å². The number of halogens is 1. The first-order valence-corrected chi connectivity index (χ1v) is 4.57. The van der Waals surface area contributed by atoms with Crippen molar-refractivity contribution in [3.8, 4) is 5.75 Å². The van der Waals surface area contributed by atoms with E-state index in [1.165, 1.54) is 12.1 Å². The molecular formula is C11H11FO2. The molecule has 1 aliphatic heterocycles. The lowest BCUT2D eigenvalue weighted by atomic mass is 9.94. The molecule has 0 fully saturated rings. The van der Waals surface area contributed by atoms with E-state index in [1.807, 2.05) is 0 Å². The molecule has 1 aromatic carbocycles. The van der Waals surface area contributed by atoms with E-state index in [-0.39, 0.29) is 5.82 Å². The minimum absolute atomic E-state index is 0.262. The van der Waals surface area contributed by atoms with Crippen molar-refractivity contribution in [1.82, 2.24) is 0 Å². The molecule has 1 atom stereocenters. The van der Waals surface area contributed by atoms with Crippen molar-refractivity contribution in [3.63, 3.8) is 0 Å². The van der Waals surface area contributed by atoms with E-state index in [0.29, 0.717) is 18.6 Å². The Morgan fingerprint density at radius 3 is 3.07 bits per heavy atom. The zero-order valence-corrected chi connectivity index (χ0v) is 7.92. The van der Waals surface area contributed by atoms with Gasteiger partial charge in [0.2, 0.25) is 0 Å². The number of aryl methyl sites for hydroxylation is 1. The molecule has 0 radical (unpaired) electrons. The number of hydrogen-bond donors (Lipinski definition) is 0. The van der Waals surface area contributed by atoms with Crippen molar-refractivity contribution < 1.29 is 13.9 Å². The zero-order chi connectivity index (χ0) is 10.2. The Morgan fingerprint density at radius 2 is 2.36 bits per heavy atom. The number of benzene rings is 1. The summed E-state index contributed by atoms with van der Waals surface area (Å²) in [4.78, 5) is 10.8. The Bertz CT molecular complexity index is 376. The summed E-state index contributed by atoms with van der Waals surface area (Å²) in [5, 5.41) is 0. The van der Waals surface area contributed by atoms with Crippen LogP contribution in [0.1, 0.15) is 18.9 Å². The summed E-state index contributed by atoms with van der Waals surface area (Å²) in [6, 6.07) is 4.38. The van der Waals surface area contributed by atoms with Crippen LogP contribution in [0.15, 0.2) is 18.2 Å². The first-order chi connectivity index (χ1) is 6.63. The second kappa shape index (κ2) is 3.08. The van der Waals surface area contributed by atoms with Gasteiger partial charge in [0, 0.05) is 0 Å². The molecule has 0 spiro atoms. The molecular weight excluding hydrogens is 183 g/mol. The van der Waals surface area contributed by atoms with Crippen LogP contribution in [0.3, 0.4) is 0 Å². The van der Waals surface area contributed by atoms with Crippen LogP contribution in [-0.4, -0.2) is 11.9 Å². The number of rotatable bonds is 1. The van der Waals surface area contributed by atoms with Crippen molar-refractivity contribution in [2.45, 2.75) is 25.4 Å². The molecule has 3 heteroatoms. The summed E-state index contributed by atoms with van der Waals surface area (Å²) in [7, 11) is 0. The molecule has 0 bridgehead atoms. The second-order valence-corrected chi connectivity index (χ2v) is 3.78. The fourth-order valence-corrected chi connectivity index (χ4v) is 1.61. The molecule has 0 saturated carbocycles. The third kappa shape index (κ3) is 1.50. The van der Waals surface area contributed by atoms with Gasteiger partial charge in [-0.1, -0.05) is 0 Å². The van der Waals surface area contributed by atoms with Crippen LogP contribution in [0.5, 0.6) is 5.75 Å². The maximum absolute atomic E-state index is 12.8. The average Bonchev–Trinajstić information content (AvgIpc) is 2.19. The van der Waals surface area contributed by atoms with Crippen LogP contribution in [0.25, 0.3) is 0 Å². The second-order valence-electron chi connectivity index (χ2n) is 3.78. The molecule has 1 aromatic rings. The Labute approximate surface area is 81.7 Å². The summed E-state index contributed by atoms with van der Waals surface area (Å²) in [6.07, 6.45) is 2.09. The molecule has 1 aliphatic rings.